The fourth-order valence-corrected chi connectivity index (χ4v) is 1.85. The predicted octanol–water partition coefficient (Wildman–Crippen LogP) is 2.82. The van der Waals surface area contributed by atoms with Crippen molar-refractivity contribution < 1.29 is 8.81 Å². The van der Waals surface area contributed by atoms with Crippen molar-refractivity contribution in [2.24, 2.45) is 5.84 Å². The van der Waals surface area contributed by atoms with E-state index in [-0.39, 0.29) is 11.9 Å². The first-order valence-corrected chi connectivity index (χ1v) is 5.52. The van der Waals surface area contributed by atoms with Crippen LogP contribution in [-0.4, -0.2) is 0 Å². The van der Waals surface area contributed by atoms with Gasteiger partial charge in [0, 0.05) is 5.02 Å². The molecule has 90 valence electrons. The Balaban J connectivity index is 2.21. The van der Waals surface area contributed by atoms with Gasteiger partial charge in [-0.25, -0.2) is 9.82 Å². The lowest BCUT2D eigenvalue weighted by atomic mass is 10.0. The van der Waals surface area contributed by atoms with Gasteiger partial charge in [-0.3, -0.25) is 5.84 Å². The molecule has 0 amide bonds. The predicted molar refractivity (Wildman–Crippen MR) is 63.9 cm³/mol. The molecule has 0 aliphatic heterocycles. The second kappa shape index (κ2) is 5.31. The van der Waals surface area contributed by atoms with E-state index in [4.69, 9.17) is 21.9 Å². The molecule has 3 N–H and O–H groups in total. The van der Waals surface area contributed by atoms with Crippen LogP contribution in [0.2, 0.25) is 5.02 Å². The highest BCUT2D eigenvalue weighted by Gasteiger charge is 2.15. The number of hydrazine groups is 1. The lowest BCUT2D eigenvalue weighted by molar-refractivity contribution is 0.415. The van der Waals surface area contributed by atoms with Crippen LogP contribution >= 0.6 is 11.6 Å². The monoisotopic (exact) mass is 254 g/mol. The Morgan fingerprint density at radius 3 is 2.88 bits per heavy atom. The molecule has 1 aromatic heterocycles. The average Bonchev–Trinajstić information content (AvgIpc) is 2.84. The number of nitrogens with one attached hydrogen (secondary N) is 1. The Hall–Kier alpha value is -1.36. The van der Waals surface area contributed by atoms with E-state index in [9.17, 15) is 4.39 Å². The Labute approximate surface area is 103 Å². The van der Waals surface area contributed by atoms with Gasteiger partial charge in [0.05, 0.1) is 12.3 Å². The molecule has 17 heavy (non-hydrogen) atoms. The zero-order valence-corrected chi connectivity index (χ0v) is 9.75. The lowest BCUT2D eigenvalue weighted by Gasteiger charge is -2.14. The maximum atomic E-state index is 13.1. The molecule has 1 heterocycles. The van der Waals surface area contributed by atoms with Crippen molar-refractivity contribution in [3.8, 4) is 0 Å². The SMILES string of the molecule is NNC(Cc1cc(F)ccc1Cl)c1ccco1. The average molecular weight is 255 g/mol. The van der Waals surface area contributed by atoms with E-state index in [1.54, 1.807) is 18.4 Å². The number of benzene rings is 1. The van der Waals surface area contributed by atoms with Crippen LogP contribution in [0.5, 0.6) is 0 Å². The van der Waals surface area contributed by atoms with Gasteiger partial charge in [-0.1, -0.05) is 11.6 Å². The minimum absolute atomic E-state index is 0.232. The molecule has 0 saturated heterocycles. The third-order valence-electron chi connectivity index (χ3n) is 2.52. The number of hydrogen-bond donors (Lipinski definition) is 2. The highest BCUT2D eigenvalue weighted by molar-refractivity contribution is 6.31. The summed E-state index contributed by atoms with van der Waals surface area (Å²) in [5.41, 5.74) is 3.31. The van der Waals surface area contributed by atoms with Gasteiger partial charge >= 0.3 is 0 Å². The van der Waals surface area contributed by atoms with Crippen molar-refractivity contribution in [1.29, 1.82) is 0 Å². The minimum Gasteiger partial charge on any atom is -0.468 e. The number of nitrogens with two attached hydrogens (primary N) is 1. The van der Waals surface area contributed by atoms with Crippen LogP contribution in [0.15, 0.2) is 41.0 Å². The Morgan fingerprint density at radius 1 is 1.41 bits per heavy atom. The molecular weight excluding hydrogens is 243 g/mol. The second-order valence-electron chi connectivity index (χ2n) is 3.67. The summed E-state index contributed by atoms with van der Waals surface area (Å²) < 4.78 is 18.4. The zero-order chi connectivity index (χ0) is 12.3. The number of furan rings is 1. The highest BCUT2D eigenvalue weighted by Crippen LogP contribution is 2.24. The van der Waals surface area contributed by atoms with E-state index in [1.807, 2.05) is 0 Å². The summed E-state index contributed by atoms with van der Waals surface area (Å²) in [5, 5.41) is 0.512. The highest BCUT2D eigenvalue weighted by atomic mass is 35.5. The van der Waals surface area contributed by atoms with E-state index >= 15 is 0 Å². The van der Waals surface area contributed by atoms with E-state index in [1.165, 1.54) is 18.2 Å². The molecule has 2 aromatic rings. The van der Waals surface area contributed by atoms with Gasteiger partial charge in [0.25, 0.3) is 0 Å². The van der Waals surface area contributed by atoms with Crippen molar-refractivity contribution in [2.45, 2.75) is 12.5 Å². The van der Waals surface area contributed by atoms with Gasteiger partial charge in [0.2, 0.25) is 0 Å². The zero-order valence-electron chi connectivity index (χ0n) is 8.99. The minimum atomic E-state index is -0.320. The fraction of sp³-hybridized carbons (Fsp3) is 0.167. The quantitative estimate of drug-likeness (QED) is 0.652. The topological polar surface area (TPSA) is 51.2 Å². The largest absolute Gasteiger partial charge is 0.468 e. The summed E-state index contributed by atoms with van der Waals surface area (Å²) in [4.78, 5) is 0. The van der Waals surface area contributed by atoms with Crippen molar-refractivity contribution in [3.05, 3.63) is 58.8 Å². The van der Waals surface area contributed by atoms with Gasteiger partial charge in [0.15, 0.2) is 0 Å². The van der Waals surface area contributed by atoms with E-state index < -0.39 is 0 Å². The third kappa shape index (κ3) is 2.85. The molecule has 2 rings (SSSR count). The van der Waals surface area contributed by atoms with Crippen LogP contribution in [0.4, 0.5) is 4.39 Å². The summed E-state index contributed by atoms with van der Waals surface area (Å²) in [6.45, 7) is 0. The Morgan fingerprint density at radius 2 is 2.24 bits per heavy atom. The first-order valence-electron chi connectivity index (χ1n) is 5.14. The van der Waals surface area contributed by atoms with Gasteiger partial charge in [-0.2, -0.15) is 0 Å². The summed E-state index contributed by atoms with van der Waals surface area (Å²) in [6.07, 6.45) is 2.02. The van der Waals surface area contributed by atoms with E-state index in [0.717, 1.165) is 0 Å². The molecule has 0 bridgehead atoms. The molecule has 3 nitrogen and oxygen atoms in total. The molecule has 1 aromatic carbocycles. The van der Waals surface area contributed by atoms with Gasteiger partial charge in [-0.05, 0) is 42.3 Å². The molecule has 1 unspecified atom stereocenters. The van der Waals surface area contributed by atoms with Crippen molar-refractivity contribution in [3.63, 3.8) is 0 Å². The maximum absolute atomic E-state index is 13.1. The normalized spacial score (nSPS) is 12.6. The van der Waals surface area contributed by atoms with Crippen LogP contribution in [0.3, 0.4) is 0 Å². The van der Waals surface area contributed by atoms with Gasteiger partial charge in [-0.15, -0.1) is 0 Å². The first kappa shape index (κ1) is 12.1. The standard InChI is InChI=1S/C12H12ClFN2O/c13-10-4-3-9(14)6-8(10)7-11(16-15)12-2-1-5-17-12/h1-6,11,16H,7,15H2. The summed E-state index contributed by atoms with van der Waals surface area (Å²) in [7, 11) is 0. The smallest absolute Gasteiger partial charge is 0.123 e. The summed E-state index contributed by atoms with van der Waals surface area (Å²) in [6, 6.07) is 7.59. The molecule has 0 aliphatic carbocycles. The van der Waals surface area contributed by atoms with Crippen LogP contribution in [0, 0.1) is 5.82 Å². The van der Waals surface area contributed by atoms with Crippen LogP contribution in [0.1, 0.15) is 17.4 Å². The lowest BCUT2D eigenvalue weighted by Crippen LogP contribution is -2.29. The van der Waals surface area contributed by atoms with Crippen LogP contribution < -0.4 is 11.3 Å². The van der Waals surface area contributed by atoms with Gasteiger partial charge in [0.1, 0.15) is 11.6 Å². The number of rotatable bonds is 4. The maximum Gasteiger partial charge on any atom is 0.123 e. The van der Waals surface area contributed by atoms with E-state index in [2.05, 4.69) is 5.43 Å². The first-order chi connectivity index (χ1) is 8.20. The molecule has 0 fully saturated rings. The molecule has 5 heteroatoms. The Kier molecular flexibility index (Phi) is 3.78. The van der Waals surface area contributed by atoms with E-state index in [0.29, 0.717) is 22.8 Å². The molecule has 0 spiro atoms. The summed E-state index contributed by atoms with van der Waals surface area (Å²) in [5.74, 6) is 5.82. The molecule has 1 atom stereocenters. The van der Waals surface area contributed by atoms with Crippen LogP contribution in [-0.2, 0) is 6.42 Å². The fourth-order valence-electron chi connectivity index (χ4n) is 1.65. The van der Waals surface area contributed by atoms with Gasteiger partial charge < -0.3 is 4.42 Å². The van der Waals surface area contributed by atoms with Crippen molar-refractivity contribution in [2.75, 3.05) is 0 Å². The van der Waals surface area contributed by atoms with Crippen LogP contribution in [0.25, 0.3) is 0 Å². The van der Waals surface area contributed by atoms with Crippen molar-refractivity contribution in [1.82, 2.24) is 5.43 Å². The number of hydrogen-bond acceptors (Lipinski definition) is 3. The molecule has 0 saturated carbocycles. The second-order valence-corrected chi connectivity index (χ2v) is 4.08. The molecule has 0 radical (unpaired) electrons. The molecular formula is C12H12ClFN2O. The summed E-state index contributed by atoms with van der Waals surface area (Å²) >= 11 is 5.99. The molecule has 0 aliphatic rings. The Bertz CT molecular complexity index is 487. The third-order valence-corrected chi connectivity index (χ3v) is 2.89. The van der Waals surface area contributed by atoms with Crippen molar-refractivity contribution >= 4 is 11.6 Å². The number of halogens is 2.